The van der Waals surface area contributed by atoms with Crippen molar-refractivity contribution in [2.24, 2.45) is 0 Å². The van der Waals surface area contributed by atoms with E-state index in [2.05, 4.69) is 0 Å². The molecule has 0 aliphatic carbocycles. The van der Waals surface area contributed by atoms with Crippen LogP contribution in [0.5, 0.6) is 0 Å². The molecule has 0 radical (unpaired) electrons. The van der Waals surface area contributed by atoms with Crippen molar-refractivity contribution in [3.8, 4) is 0 Å². The molecule has 1 aromatic heterocycles. The van der Waals surface area contributed by atoms with Gasteiger partial charge in [-0.15, -0.1) is 0 Å². The van der Waals surface area contributed by atoms with Crippen molar-refractivity contribution >= 4 is 12.6 Å². The van der Waals surface area contributed by atoms with E-state index in [1.165, 1.54) is 0 Å². The zero-order valence-electron chi connectivity index (χ0n) is 6.69. The van der Waals surface area contributed by atoms with Gasteiger partial charge in [-0.25, -0.2) is 0 Å². The van der Waals surface area contributed by atoms with Crippen molar-refractivity contribution in [1.29, 1.82) is 0 Å². The third-order valence-corrected chi connectivity index (χ3v) is 1.66. The van der Waals surface area contributed by atoms with Gasteiger partial charge in [-0.3, -0.25) is 9.59 Å². The van der Waals surface area contributed by atoms with Crippen LogP contribution in [0.3, 0.4) is 0 Å². The monoisotopic (exact) mass is 184 g/mol. The highest BCUT2D eigenvalue weighted by molar-refractivity contribution is 5.92. The van der Waals surface area contributed by atoms with E-state index < -0.39 is 13.2 Å². The Morgan fingerprint density at radius 3 is 1.62 bits per heavy atom. The topological polar surface area (TPSA) is 87.7 Å². The first-order valence-electron chi connectivity index (χ1n) is 3.55. The average molecular weight is 184 g/mol. The molecule has 0 saturated carbocycles. The molecule has 0 fully saturated rings. The molecule has 0 aliphatic heterocycles. The minimum absolute atomic E-state index is 0.00106. The maximum Gasteiger partial charge on any atom is 0.154 e. The van der Waals surface area contributed by atoms with E-state index in [9.17, 15) is 9.59 Å². The van der Waals surface area contributed by atoms with Gasteiger partial charge in [0.25, 0.3) is 0 Å². The molecule has 5 heteroatoms. The molecule has 0 saturated heterocycles. The van der Waals surface area contributed by atoms with Crippen molar-refractivity contribution in [1.82, 2.24) is 0 Å². The predicted octanol–water partition coefficient (Wildman–Crippen LogP) is -0.111. The summed E-state index contributed by atoms with van der Waals surface area (Å²) in [5.74, 6) is 0.00213. The van der Waals surface area contributed by atoms with Gasteiger partial charge in [-0.05, 0) is 0 Å². The van der Waals surface area contributed by atoms with Crippen LogP contribution >= 0.6 is 0 Å². The van der Waals surface area contributed by atoms with Crippen LogP contribution in [0, 0.1) is 0 Å². The molecule has 13 heavy (non-hydrogen) atoms. The molecule has 0 unspecified atom stereocenters. The molecular formula is C8H8O5. The van der Waals surface area contributed by atoms with Crippen LogP contribution in [0.4, 0.5) is 0 Å². The predicted molar refractivity (Wildman–Crippen MR) is 41.3 cm³/mol. The SMILES string of the molecule is O=Cc1c(CO)oc(CO)c1C=O. The Hall–Kier alpha value is -1.46. The Bertz CT molecular complexity index is 295. The van der Waals surface area contributed by atoms with Crippen LogP contribution in [0.1, 0.15) is 32.2 Å². The summed E-state index contributed by atoms with van der Waals surface area (Å²) in [4.78, 5) is 21.0. The van der Waals surface area contributed by atoms with Gasteiger partial charge in [-0.2, -0.15) is 0 Å². The molecule has 1 rings (SSSR count). The average Bonchev–Trinajstić information content (AvgIpc) is 2.54. The van der Waals surface area contributed by atoms with Gasteiger partial charge >= 0.3 is 0 Å². The molecule has 0 amide bonds. The van der Waals surface area contributed by atoms with Crippen molar-refractivity contribution in [2.75, 3.05) is 0 Å². The second-order valence-corrected chi connectivity index (χ2v) is 2.33. The van der Waals surface area contributed by atoms with Gasteiger partial charge in [0.2, 0.25) is 0 Å². The van der Waals surface area contributed by atoms with Crippen molar-refractivity contribution in [3.05, 3.63) is 22.6 Å². The Morgan fingerprint density at radius 2 is 1.38 bits per heavy atom. The number of furan rings is 1. The van der Waals surface area contributed by atoms with Crippen molar-refractivity contribution < 1.29 is 24.2 Å². The number of hydrogen-bond acceptors (Lipinski definition) is 5. The highest BCUT2D eigenvalue weighted by Gasteiger charge is 2.17. The second kappa shape index (κ2) is 3.97. The highest BCUT2D eigenvalue weighted by Crippen LogP contribution is 2.19. The summed E-state index contributed by atoms with van der Waals surface area (Å²) in [6.45, 7) is -0.955. The number of aliphatic hydroxyl groups is 2. The number of carbonyl (C=O) groups excluding carboxylic acids is 2. The van der Waals surface area contributed by atoms with Gasteiger partial charge in [0.15, 0.2) is 12.6 Å². The van der Waals surface area contributed by atoms with E-state index in [0.717, 1.165) is 0 Å². The Labute approximate surface area is 73.6 Å². The van der Waals surface area contributed by atoms with E-state index in [-0.39, 0.29) is 22.6 Å². The number of aldehydes is 2. The fourth-order valence-electron chi connectivity index (χ4n) is 1.05. The van der Waals surface area contributed by atoms with Crippen LogP contribution < -0.4 is 0 Å². The van der Waals surface area contributed by atoms with Gasteiger partial charge < -0.3 is 14.6 Å². The normalized spacial score (nSPS) is 10.0. The van der Waals surface area contributed by atoms with E-state index in [4.69, 9.17) is 14.6 Å². The van der Waals surface area contributed by atoms with Crippen LogP contribution in [-0.4, -0.2) is 22.8 Å². The van der Waals surface area contributed by atoms with E-state index in [0.29, 0.717) is 12.6 Å². The summed E-state index contributed by atoms with van der Waals surface area (Å²) in [6, 6.07) is 0. The van der Waals surface area contributed by atoms with E-state index in [1.807, 2.05) is 0 Å². The lowest BCUT2D eigenvalue weighted by molar-refractivity contribution is 0.109. The zero-order valence-corrected chi connectivity index (χ0v) is 6.69. The molecule has 1 aromatic rings. The molecule has 5 nitrogen and oxygen atoms in total. The Balaban J connectivity index is 3.33. The molecule has 0 atom stereocenters. The first kappa shape index (κ1) is 9.63. The lowest BCUT2D eigenvalue weighted by Crippen LogP contribution is -1.92. The van der Waals surface area contributed by atoms with Gasteiger partial charge in [0.1, 0.15) is 24.7 Å². The quantitative estimate of drug-likeness (QED) is 0.637. The minimum atomic E-state index is -0.477. The summed E-state index contributed by atoms with van der Waals surface area (Å²) in [6.07, 6.45) is 0.829. The summed E-state index contributed by atoms with van der Waals surface area (Å²) in [5.41, 5.74) is 0.00287. The largest absolute Gasteiger partial charge is 0.460 e. The van der Waals surface area contributed by atoms with Gasteiger partial charge in [0, 0.05) is 0 Å². The maximum atomic E-state index is 10.5. The number of carbonyl (C=O) groups is 2. The molecule has 0 bridgehead atoms. The van der Waals surface area contributed by atoms with Crippen LogP contribution in [0.2, 0.25) is 0 Å². The smallest absolute Gasteiger partial charge is 0.154 e. The van der Waals surface area contributed by atoms with Crippen LogP contribution in [-0.2, 0) is 13.2 Å². The van der Waals surface area contributed by atoms with Crippen LogP contribution in [0.15, 0.2) is 4.42 Å². The Kier molecular flexibility index (Phi) is 2.94. The molecular weight excluding hydrogens is 176 g/mol. The highest BCUT2D eigenvalue weighted by atomic mass is 16.4. The van der Waals surface area contributed by atoms with Gasteiger partial charge in [-0.1, -0.05) is 0 Å². The van der Waals surface area contributed by atoms with Crippen molar-refractivity contribution in [3.63, 3.8) is 0 Å². The molecule has 0 spiro atoms. The number of aliphatic hydroxyl groups excluding tert-OH is 2. The molecule has 70 valence electrons. The zero-order chi connectivity index (χ0) is 9.84. The lowest BCUT2D eigenvalue weighted by atomic mass is 10.1. The fraction of sp³-hybridized carbons (Fsp3) is 0.250. The summed E-state index contributed by atoms with van der Waals surface area (Å²) in [7, 11) is 0. The Morgan fingerprint density at radius 1 is 1.00 bits per heavy atom. The third-order valence-electron chi connectivity index (χ3n) is 1.66. The third kappa shape index (κ3) is 1.51. The van der Waals surface area contributed by atoms with Gasteiger partial charge in [0.05, 0.1) is 11.1 Å². The second-order valence-electron chi connectivity index (χ2n) is 2.33. The van der Waals surface area contributed by atoms with Crippen LogP contribution in [0.25, 0.3) is 0 Å². The standard InChI is InChI=1S/C8H8O5/c9-1-5-6(2-10)8(4-12)13-7(5)3-11/h1-2,11-12H,3-4H2. The van der Waals surface area contributed by atoms with Crippen molar-refractivity contribution in [2.45, 2.75) is 13.2 Å². The molecule has 0 aliphatic rings. The summed E-state index contributed by atoms with van der Waals surface area (Å²) >= 11 is 0. The minimum Gasteiger partial charge on any atom is -0.460 e. The molecule has 0 aromatic carbocycles. The van der Waals surface area contributed by atoms with E-state index in [1.54, 1.807) is 0 Å². The fourth-order valence-corrected chi connectivity index (χ4v) is 1.05. The molecule has 2 N–H and O–H groups in total. The first-order valence-corrected chi connectivity index (χ1v) is 3.55. The summed E-state index contributed by atoms with van der Waals surface area (Å²) in [5, 5.41) is 17.5. The first-order chi connectivity index (χ1) is 6.28. The summed E-state index contributed by atoms with van der Waals surface area (Å²) < 4.78 is 4.86. The number of rotatable bonds is 4. The lowest BCUT2D eigenvalue weighted by Gasteiger charge is -1.87. The molecule has 1 heterocycles. The van der Waals surface area contributed by atoms with E-state index >= 15 is 0 Å². The number of hydrogen-bond donors (Lipinski definition) is 2. The maximum absolute atomic E-state index is 10.5.